The van der Waals surface area contributed by atoms with Gasteiger partial charge in [-0.25, -0.2) is 4.98 Å². The Morgan fingerprint density at radius 3 is 2.93 bits per heavy atom. The predicted molar refractivity (Wildman–Crippen MR) is 62.3 cm³/mol. The molecule has 0 unspecified atom stereocenters. The van der Waals surface area contributed by atoms with Crippen molar-refractivity contribution in [2.24, 2.45) is 5.92 Å². The second-order valence-corrected chi connectivity index (χ2v) is 4.54. The number of hydrogen-bond acceptors (Lipinski definition) is 3. The van der Waals surface area contributed by atoms with Gasteiger partial charge in [0.1, 0.15) is 5.82 Å². The number of nitrogen functional groups attached to an aromatic ring is 1. The fourth-order valence-corrected chi connectivity index (χ4v) is 2.06. The highest BCUT2D eigenvalue weighted by Gasteiger charge is 2.19. The molecule has 0 amide bonds. The van der Waals surface area contributed by atoms with Gasteiger partial charge in [0.05, 0.1) is 0 Å². The zero-order valence-electron chi connectivity index (χ0n) is 9.32. The van der Waals surface area contributed by atoms with Crippen molar-refractivity contribution < 1.29 is 0 Å². The first-order chi connectivity index (χ1) is 7.25. The number of nitrogens with two attached hydrogens (primary N) is 1. The van der Waals surface area contributed by atoms with Gasteiger partial charge < -0.3 is 10.6 Å². The molecule has 2 N–H and O–H groups in total. The first-order valence-electron chi connectivity index (χ1n) is 5.63. The lowest BCUT2D eigenvalue weighted by molar-refractivity contribution is 0.200. The lowest BCUT2D eigenvalue weighted by Crippen LogP contribution is -2.29. The summed E-state index contributed by atoms with van der Waals surface area (Å²) >= 11 is 0. The third kappa shape index (κ3) is 2.69. The number of aromatic nitrogens is 1. The highest BCUT2D eigenvalue weighted by molar-refractivity contribution is 5.38. The summed E-state index contributed by atoms with van der Waals surface area (Å²) in [7, 11) is 2.16. The fraction of sp³-hybridized carbons (Fsp3) is 0.583. The molecule has 15 heavy (non-hydrogen) atoms. The largest absolute Gasteiger partial charge is 0.383 e. The van der Waals surface area contributed by atoms with Gasteiger partial charge >= 0.3 is 0 Å². The van der Waals surface area contributed by atoms with Crippen LogP contribution in [0.1, 0.15) is 24.8 Å². The molecular formula is C12H19N3. The van der Waals surface area contributed by atoms with E-state index in [0.29, 0.717) is 5.82 Å². The molecule has 3 heteroatoms. The van der Waals surface area contributed by atoms with E-state index >= 15 is 0 Å². The summed E-state index contributed by atoms with van der Waals surface area (Å²) < 4.78 is 0. The van der Waals surface area contributed by atoms with E-state index in [0.717, 1.165) is 18.0 Å². The van der Waals surface area contributed by atoms with Gasteiger partial charge in [-0.15, -0.1) is 0 Å². The Bertz CT molecular complexity index is 320. The van der Waals surface area contributed by atoms with E-state index in [2.05, 4.69) is 23.0 Å². The Hall–Kier alpha value is -1.09. The van der Waals surface area contributed by atoms with E-state index in [4.69, 9.17) is 5.73 Å². The molecule has 1 saturated carbocycles. The number of anilines is 1. The van der Waals surface area contributed by atoms with E-state index in [9.17, 15) is 0 Å². The maximum atomic E-state index is 5.81. The van der Waals surface area contributed by atoms with Crippen LogP contribution in [0.15, 0.2) is 18.3 Å². The molecule has 3 nitrogen and oxygen atoms in total. The molecule has 0 bridgehead atoms. The van der Waals surface area contributed by atoms with Gasteiger partial charge in [-0.3, -0.25) is 0 Å². The molecule has 0 radical (unpaired) electrons. The van der Waals surface area contributed by atoms with Crippen molar-refractivity contribution in [1.29, 1.82) is 0 Å². The SMILES string of the molecule is CN(Cc1cccnc1N)CC1CCC1. The van der Waals surface area contributed by atoms with Crippen LogP contribution in [0.4, 0.5) is 5.82 Å². The van der Waals surface area contributed by atoms with Crippen molar-refractivity contribution in [3.63, 3.8) is 0 Å². The average molecular weight is 205 g/mol. The zero-order chi connectivity index (χ0) is 10.7. The number of nitrogens with zero attached hydrogens (tertiary/aromatic N) is 2. The summed E-state index contributed by atoms with van der Waals surface area (Å²) in [6, 6.07) is 4.00. The Balaban J connectivity index is 1.87. The van der Waals surface area contributed by atoms with Crippen LogP contribution in [0.25, 0.3) is 0 Å². The first-order valence-corrected chi connectivity index (χ1v) is 5.63. The van der Waals surface area contributed by atoms with Crippen molar-refractivity contribution in [1.82, 2.24) is 9.88 Å². The highest BCUT2D eigenvalue weighted by Crippen LogP contribution is 2.27. The minimum absolute atomic E-state index is 0.665. The summed E-state index contributed by atoms with van der Waals surface area (Å²) in [6.45, 7) is 2.10. The standard InChI is InChI=1S/C12H19N3/c1-15(8-10-4-2-5-10)9-11-6-3-7-14-12(11)13/h3,6-7,10H,2,4-5,8-9H2,1H3,(H2,13,14). The number of rotatable bonds is 4. The molecular weight excluding hydrogens is 186 g/mol. The van der Waals surface area contributed by atoms with Crippen LogP contribution in [-0.4, -0.2) is 23.5 Å². The third-order valence-electron chi connectivity index (χ3n) is 3.16. The van der Waals surface area contributed by atoms with Crippen molar-refractivity contribution in [3.8, 4) is 0 Å². The summed E-state index contributed by atoms with van der Waals surface area (Å²) in [5.41, 5.74) is 6.95. The van der Waals surface area contributed by atoms with Crippen LogP contribution in [0.5, 0.6) is 0 Å². The topological polar surface area (TPSA) is 42.2 Å². The van der Waals surface area contributed by atoms with Crippen molar-refractivity contribution >= 4 is 5.82 Å². The van der Waals surface area contributed by atoms with Gasteiger partial charge in [0.2, 0.25) is 0 Å². The van der Waals surface area contributed by atoms with Crippen LogP contribution in [0.3, 0.4) is 0 Å². The number of pyridine rings is 1. The second-order valence-electron chi connectivity index (χ2n) is 4.54. The Morgan fingerprint density at radius 1 is 1.53 bits per heavy atom. The predicted octanol–water partition coefficient (Wildman–Crippen LogP) is 1.90. The van der Waals surface area contributed by atoms with Gasteiger partial charge in [0.15, 0.2) is 0 Å². The molecule has 82 valence electrons. The van der Waals surface area contributed by atoms with Crippen LogP contribution < -0.4 is 5.73 Å². The van der Waals surface area contributed by atoms with Crippen LogP contribution in [-0.2, 0) is 6.54 Å². The Morgan fingerprint density at radius 2 is 2.33 bits per heavy atom. The maximum Gasteiger partial charge on any atom is 0.127 e. The van der Waals surface area contributed by atoms with Crippen molar-refractivity contribution in [2.75, 3.05) is 19.3 Å². The molecule has 0 atom stereocenters. The minimum Gasteiger partial charge on any atom is -0.383 e. The van der Waals surface area contributed by atoms with E-state index in [1.807, 2.05) is 6.07 Å². The highest BCUT2D eigenvalue weighted by atomic mass is 15.1. The van der Waals surface area contributed by atoms with Crippen molar-refractivity contribution in [3.05, 3.63) is 23.9 Å². The lowest BCUT2D eigenvalue weighted by atomic mass is 9.85. The third-order valence-corrected chi connectivity index (χ3v) is 3.16. The lowest BCUT2D eigenvalue weighted by Gasteiger charge is -2.30. The van der Waals surface area contributed by atoms with Crippen LogP contribution >= 0.6 is 0 Å². The van der Waals surface area contributed by atoms with E-state index in [1.165, 1.54) is 25.8 Å². The normalized spacial score (nSPS) is 16.7. The Kier molecular flexibility index (Phi) is 3.21. The van der Waals surface area contributed by atoms with Gasteiger partial charge in [-0.1, -0.05) is 12.5 Å². The van der Waals surface area contributed by atoms with Gasteiger partial charge in [-0.2, -0.15) is 0 Å². The molecule has 0 saturated heterocycles. The van der Waals surface area contributed by atoms with Crippen LogP contribution in [0.2, 0.25) is 0 Å². The second kappa shape index (κ2) is 4.62. The van der Waals surface area contributed by atoms with E-state index in [-0.39, 0.29) is 0 Å². The first kappa shape index (κ1) is 10.4. The molecule has 1 aromatic rings. The molecule has 0 spiro atoms. The van der Waals surface area contributed by atoms with Crippen LogP contribution in [0, 0.1) is 5.92 Å². The fourth-order valence-electron chi connectivity index (χ4n) is 2.06. The summed E-state index contributed by atoms with van der Waals surface area (Å²) in [5, 5.41) is 0. The molecule has 1 aliphatic rings. The quantitative estimate of drug-likeness (QED) is 0.816. The van der Waals surface area contributed by atoms with Crippen molar-refractivity contribution in [2.45, 2.75) is 25.8 Å². The monoisotopic (exact) mass is 205 g/mol. The minimum atomic E-state index is 0.665. The maximum absolute atomic E-state index is 5.81. The summed E-state index contributed by atoms with van der Waals surface area (Å²) in [6.07, 6.45) is 5.94. The van der Waals surface area contributed by atoms with E-state index < -0.39 is 0 Å². The number of hydrogen-bond donors (Lipinski definition) is 1. The van der Waals surface area contributed by atoms with Gasteiger partial charge in [0, 0.05) is 24.8 Å². The summed E-state index contributed by atoms with van der Waals surface area (Å²) in [4.78, 5) is 6.44. The molecule has 0 aliphatic heterocycles. The molecule has 0 aromatic carbocycles. The van der Waals surface area contributed by atoms with E-state index in [1.54, 1.807) is 6.20 Å². The molecule has 1 aromatic heterocycles. The van der Waals surface area contributed by atoms with Gasteiger partial charge in [0.25, 0.3) is 0 Å². The molecule has 1 heterocycles. The van der Waals surface area contributed by atoms with Gasteiger partial charge in [-0.05, 0) is 31.9 Å². The molecule has 1 fully saturated rings. The smallest absolute Gasteiger partial charge is 0.127 e. The molecule has 1 aliphatic carbocycles. The molecule has 2 rings (SSSR count). The zero-order valence-corrected chi connectivity index (χ0v) is 9.32. The Labute approximate surface area is 91.3 Å². The summed E-state index contributed by atoms with van der Waals surface area (Å²) in [5.74, 6) is 1.57. The average Bonchev–Trinajstić information content (AvgIpc) is 2.16.